The van der Waals surface area contributed by atoms with Crippen molar-refractivity contribution < 1.29 is 13.2 Å². The predicted octanol–water partition coefficient (Wildman–Crippen LogP) is 10.2. The second-order valence-electron chi connectivity index (χ2n) is 12.9. The maximum absolute atomic E-state index is 14.2. The molecule has 0 aromatic heterocycles. The summed E-state index contributed by atoms with van der Waals surface area (Å²) in [6, 6.07) is 1.13. The van der Waals surface area contributed by atoms with Gasteiger partial charge in [0.15, 0.2) is 0 Å². The molecular formula is C34H57B2F3. The Kier molecular flexibility index (Phi) is 16.5. The van der Waals surface area contributed by atoms with Crippen LogP contribution in [0.2, 0.25) is 0 Å². The third kappa shape index (κ3) is 11.9. The normalized spacial score (nSPS) is 14.1. The van der Waals surface area contributed by atoms with Crippen LogP contribution >= 0.6 is 0 Å². The van der Waals surface area contributed by atoms with Crippen LogP contribution in [0.1, 0.15) is 174 Å². The molecule has 0 aliphatic heterocycles. The van der Waals surface area contributed by atoms with Crippen LogP contribution in [0.15, 0.2) is 6.07 Å². The van der Waals surface area contributed by atoms with Gasteiger partial charge in [-0.1, -0.05) is 154 Å². The quantitative estimate of drug-likeness (QED) is 0.107. The van der Waals surface area contributed by atoms with Crippen molar-refractivity contribution in [1.29, 1.82) is 0 Å². The van der Waals surface area contributed by atoms with Gasteiger partial charge in [-0.05, 0) is 48.5 Å². The van der Waals surface area contributed by atoms with Crippen LogP contribution in [0.3, 0.4) is 0 Å². The van der Waals surface area contributed by atoms with Gasteiger partial charge in [-0.3, -0.25) is 0 Å². The monoisotopic (exact) mass is 544 g/mol. The van der Waals surface area contributed by atoms with Gasteiger partial charge in [0, 0.05) is 5.56 Å². The largest absolute Gasteiger partial charge is 0.415 e. The van der Waals surface area contributed by atoms with E-state index >= 15 is 0 Å². The molecule has 220 valence electrons. The highest BCUT2D eigenvalue weighted by Crippen LogP contribution is 2.42. The number of halogens is 3. The van der Waals surface area contributed by atoms with Crippen molar-refractivity contribution in [1.82, 2.24) is 0 Å². The van der Waals surface area contributed by atoms with Crippen molar-refractivity contribution >= 4 is 26.6 Å². The lowest BCUT2D eigenvalue weighted by Gasteiger charge is -2.39. The SMILES string of the molecule is [B]c1cc(C(F)(F)F)c([B])c(C(C)(CCCCCC)CCCCCC)c1CC(C)(CCCC)CCCCCC. The van der Waals surface area contributed by atoms with Gasteiger partial charge < -0.3 is 0 Å². The van der Waals surface area contributed by atoms with E-state index in [0.717, 1.165) is 108 Å². The van der Waals surface area contributed by atoms with Crippen molar-refractivity contribution in [2.45, 2.75) is 175 Å². The maximum atomic E-state index is 14.2. The summed E-state index contributed by atoms with van der Waals surface area (Å²) in [5.41, 5.74) is 0.599. The molecule has 39 heavy (non-hydrogen) atoms. The molecule has 0 N–H and O–H groups in total. The van der Waals surface area contributed by atoms with Crippen molar-refractivity contribution in [2.75, 3.05) is 0 Å². The third-order valence-corrected chi connectivity index (χ3v) is 8.95. The molecule has 0 amide bonds. The van der Waals surface area contributed by atoms with Gasteiger partial charge in [0.1, 0.15) is 15.7 Å². The fourth-order valence-corrected chi connectivity index (χ4v) is 6.45. The first-order chi connectivity index (χ1) is 18.4. The van der Waals surface area contributed by atoms with Crippen LogP contribution in [-0.2, 0) is 18.0 Å². The maximum Gasteiger partial charge on any atom is 0.415 e. The summed E-state index contributed by atoms with van der Waals surface area (Å²) in [7, 11) is 13.2. The Morgan fingerprint density at radius 2 is 1.05 bits per heavy atom. The van der Waals surface area contributed by atoms with Gasteiger partial charge in [0.2, 0.25) is 0 Å². The Bertz CT molecular complexity index is 806. The van der Waals surface area contributed by atoms with E-state index in [1.165, 1.54) is 19.3 Å². The molecule has 0 nitrogen and oxygen atoms in total. The molecule has 0 heterocycles. The lowest BCUT2D eigenvalue weighted by molar-refractivity contribution is -0.136. The van der Waals surface area contributed by atoms with Crippen LogP contribution in [0.25, 0.3) is 0 Å². The fourth-order valence-electron chi connectivity index (χ4n) is 6.45. The van der Waals surface area contributed by atoms with Crippen LogP contribution in [0.4, 0.5) is 13.2 Å². The topological polar surface area (TPSA) is 0 Å². The van der Waals surface area contributed by atoms with E-state index in [-0.39, 0.29) is 16.3 Å². The number of rotatable bonds is 21. The molecule has 1 aromatic carbocycles. The van der Waals surface area contributed by atoms with Crippen LogP contribution < -0.4 is 10.9 Å². The van der Waals surface area contributed by atoms with Crippen molar-refractivity contribution in [3.63, 3.8) is 0 Å². The number of hydrogen-bond acceptors (Lipinski definition) is 0. The van der Waals surface area contributed by atoms with Gasteiger partial charge >= 0.3 is 6.18 Å². The van der Waals surface area contributed by atoms with E-state index < -0.39 is 17.2 Å². The number of alkyl halides is 3. The summed E-state index contributed by atoms with van der Waals surface area (Å²) in [6.07, 6.45) is 15.7. The zero-order valence-electron chi connectivity index (χ0n) is 26.3. The smallest absolute Gasteiger partial charge is 0.166 e. The van der Waals surface area contributed by atoms with Crippen molar-refractivity contribution in [3.05, 3.63) is 22.8 Å². The number of unbranched alkanes of at least 4 members (excludes halogenated alkanes) is 10. The average molecular weight is 544 g/mol. The first-order valence-electron chi connectivity index (χ1n) is 16.2. The molecule has 1 aromatic rings. The molecule has 0 fully saturated rings. The minimum atomic E-state index is -4.53. The summed E-state index contributed by atoms with van der Waals surface area (Å²) >= 11 is 0. The molecule has 0 saturated heterocycles. The van der Waals surface area contributed by atoms with Crippen LogP contribution in [0, 0.1) is 5.41 Å². The summed E-state index contributed by atoms with van der Waals surface area (Å²) in [4.78, 5) is 0. The summed E-state index contributed by atoms with van der Waals surface area (Å²) < 4.78 is 42.7. The Morgan fingerprint density at radius 3 is 1.49 bits per heavy atom. The van der Waals surface area contributed by atoms with Gasteiger partial charge in [-0.2, -0.15) is 13.2 Å². The fraction of sp³-hybridized carbons (Fsp3) is 0.824. The van der Waals surface area contributed by atoms with E-state index in [1.54, 1.807) is 0 Å². The summed E-state index contributed by atoms with van der Waals surface area (Å²) in [5.74, 6) is 0. The molecule has 0 spiro atoms. The second-order valence-corrected chi connectivity index (χ2v) is 12.9. The van der Waals surface area contributed by atoms with Gasteiger partial charge in [-0.25, -0.2) is 0 Å². The summed E-state index contributed by atoms with van der Waals surface area (Å²) in [5, 5.41) is 0. The molecule has 0 aliphatic rings. The highest BCUT2D eigenvalue weighted by Gasteiger charge is 2.39. The zero-order valence-corrected chi connectivity index (χ0v) is 26.3. The molecule has 5 heteroatoms. The van der Waals surface area contributed by atoms with Gasteiger partial charge in [-0.15, -0.1) is 0 Å². The van der Waals surface area contributed by atoms with Crippen LogP contribution in [0.5, 0.6) is 0 Å². The predicted molar refractivity (Wildman–Crippen MR) is 167 cm³/mol. The first kappa shape index (κ1) is 36.2. The lowest BCUT2D eigenvalue weighted by atomic mass is 9.61. The second kappa shape index (κ2) is 17.8. The number of hydrogen-bond donors (Lipinski definition) is 0. The van der Waals surface area contributed by atoms with E-state index in [4.69, 9.17) is 15.7 Å². The Balaban J connectivity index is 3.68. The van der Waals surface area contributed by atoms with E-state index in [9.17, 15) is 13.2 Å². The lowest BCUT2D eigenvalue weighted by Crippen LogP contribution is -2.40. The molecule has 1 atom stereocenters. The molecule has 1 unspecified atom stereocenters. The highest BCUT2D eigenvalue weighted by atomic mass is 19.4. The van der Waals surface area contributed by atoms with Gasteiger partial charge in [0.25, 0.3) is 0 Å². The van der Waals surface area contributed by atoms with Crippen molar-refractivity contribution in [2.24, 2.45) is 5.41 Å². The van der Waals surface area contributed by atoms with E-state index in [0.29, 0.717) is 12.0 Å². The molecule has 0 saturated carbocycles. The number of benzene rings is 1. The molecule has 4 radical (unpaired) electrons. The Labute approximate surface area is 242 Å². The Morgan fingerprint density at radius 1 is 0.615 bits per heavy atom. The first-order valence-corrected chi connectivity index (χ1v) is 16.2. The molecular weight excluding hydrogens is 487 g/mol. The van der Waals surface area contributed by atoms with Crippen molar-refractivity contribution in [3.8, 4) is 0 Å². The average Bonchev–Trinajstić information content (AvgIpc) is 2.87. The minimum Gasteiger partial charge on any atom is -0.166 e. The van der Waals surface area contributed by atoms with Crippen LogP contribution in [-0.4, -0.2) is 15.7 Å². The van der Waals surface area contributed by atoms with E-state index in [1.807, 2.05) is 0 Å². The Hall–Kier alpha value is -0.860. The van der Waals surface area contributed by atoms with Gasteiger partial charge in [0.05, 0.1) is 0 Å². The molecule has 1 rings (SSSR count). The highest BCUT2D eigenvalue weighted by molar-refractivity contribution is 6.38. The summed E-state index contributed by atoms with van der Waals surface area (Å²) in [6.45, 7) is 13.3. The standard InChI is InChI=1S/C34H57B2F3/c1-7-11-15-18-22-32(5,21-14-10-4)26-27-29(35)25-28(34(37,38)39)31(36)30(27)33(6,23-19-16-12-8-2)24-20-17-13-9-3/h25H,7-24,26H2,1-6H3. The molecule has 0 bridgehead atoms. The minimum absolute atomic E-state index is 0.00978. The third-order valence-electron chi connectivity index (χ3n) is 8.95. The molecule has 0 aliphatic carbocycles. The zero-order chi connectivity index (χ0) is 29.5. The van der Waals surface area contributed by atoms with E-state index in [2.05, 4.69) is 41.5 Å².